The summed E-state index contributed by atoms with van der Waals surface area (Å²) in [5.74, 6) is -0.982. The lowest BCUT2D eigenvalue weighted by Crippen LogP contribution is -2.06. The van der Waals surface area contributed by atoms with Gasteiger partial charge in [0.25, 0.3) is 0 Å². The lowest BCUT2D eigenvalue weighted by molar-refractivity contribution is -0.139. The van der Waals surface area contributed by atoms with Gasteiger partial charge in [-0.2, -0.15) is 0 Å². The molecule has 0 heterocycles. The molecule has 1 N–H and O–H groups in total. The number of hydrogen-bond donors (Lipinski definition) is 1. The minimum atomic E-state index is -0.729. The van der Waals surface area contributed by atoms with E-state index >= 15 is 0 Å². The molecule has 0 aromatic heterocycles. The van der Waals surface area contributed by atoms with Crippen molar-refractivity contribution in [2.75, 3.05) is 6.61 Å². The third-order valence-corrected chi connectivity index (χ3v) is 2.83. The lowest BCUT2D eigenvalue weighted by atomic mass is 10.1. The van der Waals surface area contributed by atoms with Crippen LogP contribution in [0.4, 0.5) is 0 Å². The zero-order chi connectivity index (χ0) is 11.4. The van der Waals surface area contributed by atoms with Gasteiger partial charge in [-0.1, -0.05) is 30.3 Å². The predicted molar refractivity (Wildman–Crippen MR) is 60.2 cm³/mol. The minimum absolute atomic E-state index is 0.0340. The van der Waals surface area contributed by atoms with E-state index in [2.05, 4.69) is 12.1 Å². The third kappa shape index (κ3) is 3.07. The molecule has 1 aromatic rings. The highest BCUT2D eigenvalue weighted by molar-refractivity contribution is 5.74. The van der Waals surface area contributed by atoms with E-state index in [0.717, 1.165) is 12.8 Å². The van der Waals surface area contributed by atoms with Gasteiger partial charge in [0.05, 0.1) is 12.0 Å². The van der Waals surface area contributed by atoms with Crippen LogP contribution in [0.1, 0.15) is 18.4 Å². The van der Waals surface area contributed by atoms with E-state index in [1.807, 2.05) is 18.2 Å². The van der Waals surface area contributed by atoms with Crippen molar-refractivity contribution in [3.05, 3.63) is 35.9 Å². The average Bonchev–Trinajstić information content (AvgIpc) is 3.05. The summed E-state index contributed by atoms with van der Waals surface area (Å²) in [6.07, 6.45) is 2.59. The Labute approximate surface area is 95.0 Å². The molecule has 0 saturated heterocycles. The van der Waals surface area contributed by atoms with Gasteiger partial charge in [-0.15, -0.1) is 0 Å². The quantitative estimate of drug-likeness (QED) is 0.747. The Morgan fingerprint density at radius 3 is 2.75 bits per heavy atom. The van der Waals surface area contributed by atoms with Crippen LogP contribution in [0.5, 0.6) is 0 Å². The van der Waals surface area contributed by atoms with Crippen molar-refractivity contribution >= 4 is 5.97 Å². The molecule has 1 aliphatic rings. The number of carbonyl (C=O) groups is 1. The van der Waals surface area contributed by atoms with Crippen LogP contribution < -0.4 is 0 Å². The average molecular weight is 220 g/mol. The second-order valence-corrected chi connectivity index (χ2v) is 4.18. The topological polar surface area (TPSA) is 46.5 Å². The van der Waals surface area contributed by atoms with E-state index in [4.69, 9.17) is 9.84 Å². The number of carboxylic acid groups (broad SMARTS) is 1. The van der Waals surface area contributed by atoms with Crippen molar-refractivity contribution in [1.82, 2.24) is 0 Å². The molecule has 1 aliphatic carbocycles. The van der Waals surface area contributed by atoms with Crippen molar-refractivity contribution in [3.8, 4) is 0 Å². The fraction of sp³-hybridized carbons (Fsp3) is 0.462. The standard InChI is InChI=1S/C13H16O3/c14-13(15)11-9-12(11)16-8-4-7-10-5-2-1-3-6-10/h1-3,5-6,11-12H,4,7-9H2,(H,14,15). The lowest BCUT2D eigenvalue weighted by Gasteiger charge is -2.02. The van der Waals surface area contributed by atoms with Crippen LogP contribution in [-0.4, -0.2) is 23.8 Å². The van der Waals surface area contributed by atoms with E-state index in [9.17, 15) is 4.79 Å². The van der Waals surface area contributed by atoms with Gasteiger partial charge in [-0.05, 0) is 24.8 Å². The maximum absolute atomic E-state index is 10.5. The van der Waals surface area contributed by atoms with E-state index < -0.39 is 5.97 Å². The summed E-state index contributed by atoms with van der Waals surface area (Å²) in [5, 5.41) is 8.68. The maximum Gasteiger partial charge on any atom is 0.309 e. The summed E-state index contributed by atoms with van der Waals surface area (Å²) in [7, 11) is 0. The summed E-state index contributed by atoms with van der Waals surface area (Å²) in [4.78, 5) is 10.5. The van der Waals surface area contributed by atoms with Crippen LogP contribution in [-0.2, 0) is 16.0 Å². The molecular formula is C13H16O3. The molecule has 1 aromatic carbocycles. The summed E-state index contributed by atoms with van der Waals surface area (Å²) in [6, 6.07) is 10.2. The molecule has 0 bridgehead atoms. The summed E-state index contributed by atoms with van der Waals surface area (Å²) < 4.78 is 5.47. The minimum Gasteiger partial charge on any atom is -0.481 e. The molecule has 16 heavy (non-hydrogen) atoms. The number of ether oxygens (including phenoxy) is 1. The number of hydrogen-bond acceptors (Lipinski definition) is 2. The molecule has 3 nitrogen and oxygen atoms in total. The van der Waals surface area contributed by atoms with Crippen LogP contribution in [0.2, 0.25) is 0 Å². The van der Waals surface area contributed by atoms with Gasteiger partial charge < -0.3 is 9.84 Å². The van der Waals surface area contributed by atoms with Crippen molar-refractivity contribution in [1.29, 1.82) is 0 Å². The molecule has 2 rings (SSSR count). The molecule has 0 aliphatic heterocycles. The number of benzene rings is 1. The second-order valence-electron chi connectivity index (χ2n) is 4.18. The highest BCUT2D eigenvalue weighted by Crippen LogP contribution is 2.33. The van der Waals surface area contributed by atoms with Gasteiger partial charge in [-0.3, -0.25) is 4.79 Å². The van der Waals surface area contributed by atoms with Crippen LogP contribution >= 0.6 is 0 Å². The largest absolute Gasteiger partial charge is 0.481 e. The molecular weight excluding hydrogens is 204 g/mol. The van der Waals surface area contributed by atoms with Gasteiger partial charge in [0.2, 0.25) is 0 Å². The predicted octanol–water partition coefficient (Wildman–Crippen LogP) is 2.11. The first-order valence-corrected chi connectivity index (χ1v) is 5.65. The Balaban J connectivity index is 1.58. The Morgan fingerprint density at radius 2 is 2.12 bits per heavy atom. The van der Waals surface area contributed by atoms with Gasteiger partial charge in [0.15, 0.2) is 0 Å². The van der Waals surface area contributed by atoms with Crippen LogP contribution in [0.3, 0.4) is 0 Å². The van der Waals surface area contributed by atoms with E-state index in [1.165, 1.54) is 5.56 Å². The number of rotatable bonds is 6. The molecule has 86 valence electrons. The van der Waals surface area contributed by atoms with Gasteiger partial charge in [-0.25, -0.2) is 0 Å². The van der Waals surface area contributed by atoms with E-state index in [-0.39, 0.29) is 12.0 Å². The van der Waals surface area contributed by atoms with E-state index in [0.29, 0.717) is 13.0 Å². The first-order chi connectivity index (χ1) is 7.77. The maximum atomic E-state index is 10.5. The SMILES string of the molecule is O=C(O)C1CC1OCCCc1ccccc1. The molecule has 2 atom stereocenters. The van der Waals surface area contributed by atoms with Gasteiger partial charge >= 0.3 is 5.97 Å². The molecule has 0 radical (unpaired) electrons. The number of aliphatic carboxylic acids is 1. The fourth-order valence-electron chi connectivity index (χ4n) is 1.77. The molecule has 3 heteroatoms. The number of carboxylic acids is 1. The van der Waals surface area contributed by atoms with Gasteiger partial charge in [0, 0.05) is 6.61 Å². The second kappa shape index (κ2) is 5.12. The van der Waals surface area contributed by atoms with Crippen LogP contribution in [0, 0.1) is 5.92 Å². The highest BCUT2D eigenvalue weighted by Gasteiger charge is 2.44. The van der Waals surface area contributed by atoms with Crippen molar-refractivity contribution < 1.29 is 14.6 Å². The Hall–Kier alpha value is -1.35. The highest BCUT2D eigenvalue weighted by atomic mass is 16.5. The number of aryl methyl sites for hydroxylation is 1. The van der Waals surface area contributed by atoms with E-state index in [1.54, 1.807) is 0 Å². The normalized spacial score (nSPS) is 23.0. The molecule has 2 unspecified atom stereocenters. The zero-order valence-electron chi connectivity index (χ0n) is 9.13. The molecule has 1 fully saturated rings. The Bertz CT molecular complexity index is 347. The van der Waals surface area contributed by atoms with Crippen LogP contribution in [0.25, 0.3) is 0 Å². The summed E-state index contributed by atoms with van der Waals surface area (Å²) >= 11 is 0. The monoisotopic (exact) mass is 220 g/mol. The first kappa shape index (κ1) is 11.1. The molecule has 0 amide bonds. The Kier molecular flexibility index (Phi) is 3.57. The summed E-state index contributed by atoms with van der Waals surface area (Å²) in [6.45, 7) is 0.656. The fourth-order valence-corrected chi connectivity index (χ4v) is 1.77. The molecule has 1 saturated carbocycles. The van der Waals surface area contributed by atoms with Gasteiger partial charge in [0.1, 0.15) is 0 Å². The zero-order valence-corrected chi connectivity index (χ0v) is 9.13. The van der Waals surface area contributed by atoms with Crippen molar-refractivity contribution in [3.63, 3.8) is 0 Å². The molecule has 0 spiro atoms. The van der Waals surface area contributed by atoms with Crippen molar-refractivity contribution in [2.24, 2.45) is 5.92 Å². The third-order valence-electron chi connectivity index (χ3n) is 2.83. The van der Waals surface area contributed by atoms with Crippen LogP contribution in [0.15, 0.2) is 30.3 Å². The Morgan fingerprint density at radius 1 is 1.38 bits per heavy atom. The first-order valence-electron chi connectivity index (χ1n) is 5.65. The summed E-state index contributed by atoms with van der Waals surface area (Å²) in [5.41, 5.74) is 1.30. The van der Waals surface area contributed by atoms with Crippen molar-refractivity contribution in [2.45, 2.75) is 25.4 Å². The smallest absolute Gasteiger partial charge is 0.309 e.